The number of rotatable bonds is 4. The Morgan fingerprint density at radius 3 is 2.63 bits per heavy atom. The molecule has 0 saturated carbocycles. The first-order chi connectivity index (χ1) is 14.7. The van der Waals surface area contributed by atoms with E-state index in [1.54, 1.807) is 11.0 Å². The predicted octanol–water partition coefficient (Wildman–Crippen LogP) is 2.83. The quantitative estimate of drug-likeness (QED) is 0.542. The van der Waals surface area contributed by atoms with Crippen molar-refractivity contribution in [3.63, 3.8) is 0 Å². The van der Waals surface area contributed by atoms with Crippen LogP contribution in [0.1, 0.15) is 18.4 Å². The molecule has 30 heavy (non-hydrogen) atoms. The number of benzene rings is 1. The summed E-state index contributed by atoms with van der Waals surface area (Å²) in [7, 11) is 0. The van der Waals surface area contributed by atoms with Crippen molar-refractivity contribution in [3.05, 3.63) is 48.5 Å². The Morgan fingerprint density at radius 1 is 1.13 bits per heavy atom. The van der Waals surface area contributed by atoms with Gasteiger partial charge in [-0.05, 0) is 43.5 Å². The zero-order valence-electron chi connectivity index (χ0n) is 16.4. The third-order valence-corrected chi connectivity index (χ3v) is 6.27. The Kier molecular flexibility index (Phi) is 4.83. The van der Waals surface area contributed by atoms with E-state index in [4.69, 9.17) is 0 Å². The molecular weight excluding hydrogens is 400 g/mol. The maximum Gasteiger partial charge on any atom is 0.229 e. The molecule has 1 aliphatic rings. The summed E-state index contributed by atoms with van der Waals surface area (Å²) in [5.74, 6) is 1.44. The van der Waals surface area contributed by atoms with E-state index in [0.29, 0.717) is 10.9 Å². The van der Waals surface area contributed by atoms with Crippen LogP contribution >= 0.6 is 11.3 Å². The van der Waals surface area contributed by atoms with Crippen LogP contribution in [0.3, 0.4) is 0 Å². The van der Waals surface area contributed by atoms with Gasteiger partial charge in [0, 0.05) is 19.0 Å². The van der Waals surface area contributed by atoms with Crippen LogP contribution in [-0.2, 0) is 4.79 Å². The number of amides is 1. The normalized spacial score (nSPS) is 14.9. The summed E-state index contributed by atoms with van der Waals surface area (Å²) in [6, 6.07) is 9.87. The van der Waals surface area contributed by atoms with E-state index in [1.165, 1.54) is 17.7 Å². The first-order valence-electron chi connectivity index (χ1n) is 9.78. The van der Waals surface area contributed by atoms with E-state index in [-0.39, 0.29) is 11.8 Å². The molecule has 0 unspecified atom stereocenters. The molecule has 9 nitrogen and oxygen atoms in total. The van der Waals surface area contributed by atoms with Crippen LogP contribution in [0, 0.1) is 12.8 Å². The lowest BCUT2D eigenvalue weighted by Gasteiger charge is -2.31. The molecule has 152 valence electrons. The van der Waals surface area contributed by atoms with Crippen molar-refractivity contribution >= 4 is 38.4 Å². The van der Waals surface area contributed by atoms with E-state index in [0.717, 1.165) is 47.5 Å². The number of piperidine rings is 1. The maximum absolute atomic E-state index is 12.7. The molecule has 1 aliphatic heterocycles. The lowest BCUT2D eigenvalue weighted by Crippen LogP contribution is -2.38. The van der Waals surface area contributed by atoms with Crippen LogP contribution in [0.4, 0.5) is 10.9 Å². The first kappa shape index (κ1) is 18.6. The summed E-state index contributed by atoms with van der Waals surface area (Å²) in [5.41, 5.74) is 2.08. The fourth-order valence-electron chi connectivity index (χ4n) is 3.65. The molecule has 0 spiro atoms. The largest absolute Gasteiger partial charge is 0.355 e. The molecule has 0 aliphatic carbocycles. The van der Waals surface area contributed by atoms with Crippen LogP contribution in [0.2, 0.25) is 0 Å². The summed E-state index contributed by atoms with van der Waals surface area (Å²) in [4.78, 5) is 23.4. The number of hydrogen-bond donors (Lipinski definition) is 1. The van der Waals surface area contributed by atoms with Crippen molar-refractivity contribution in [2.45, 2.75) is 19.8 Å². The van der Waals surface area contributed by atoms with Crippen molar-refractivity contribution in [2.24, 2.45) is 5.92 Å². The molecule has 1 fully saturated rings. The van der Waals surface area contributed by atoms with Gasteiger partial charge in [0.2, 0.25) is 5.91 Å². The van der Waals surface area contributed by atoms with Gasteiger partial charge < -0.3 is 10.2 Å². The maximum atomic E-state index is 12.7. The Hall–Kier alpha value is -3.40. The molecule has 4 aromatic rings. The Bertz CT molecular complexity index is 1160. The number of fused-ring (bicyclic) bond motifs is 1. The van der Waals surface area contributed by atoms with Gasteiger partial charge in [-0.3, -0.25) is 4.79 Å². The number of carbonyl (C=O) groups is 1. The van der Waals surface area contributed by atoms with E-state index in [9.17, 15) is 4.79 Å². The number of hydrogen-bond acceptors (Lipinski definition) is 8. The molecule has 1 aromatic carbocycles. The molecule has 3 aromatic heterocycles. The van der Waals surface area contributed by atoms with Crippen LogP contribution in [0.5, 0.6) is 0 Å². The van der Waals surface area contributed by atoms with Gasteiger partial charge in [0.05, 0.1) is 10.2 Å². The van der Waals surface area contributed by atoms with Crippen LogP contribution in [-0.4, -0.2) is 48.9 Å². The monoisotopic (exact) mass is 420 g/mol. The molecule has 4 heterocycles. The zero-order chi connectivity index (χ0) is 20.5. The van der Waals surface area contributed by atoms with Crippen LogP contribution < -0.4 is 10.2 Å². The van der Waals surface area contributed by atoms with Gasteiger partial charge in [0.25, 0.3) is 0 Å². The van der Waals surface area contributed by atoms with Crippen molar-refractivity contribution < 1.29 is 4.79 Å². The highest BCUT2D eigenvalue weighted by Gasteiger charge is 2.26. The molecule has 0 radical (unpaired) electrons. The highest BCUT2D eigenvalue weighted by Crippen LogP contribution is 2.29. The third-order valence-electron chi connectivity index (χ3n) is 5.33. The second-order valence-corrected chi connectivity index (χ2v) is 8.31. The summed E-state index contributed by atoms with van der Waals surface area (Å²) >= 11 is 1.52. The molecule has 1 N–H and O–H groups in total. The number of anilines is 2. The minimum Gasteiger partial charge on any atom is -0.355 e. The number of aromatic nitrogens is 6. The number of aryl methyl sites for hydroxylation is 1. The van der Waals surface area contributed by atoms with Crippen molar-refractivity contribution in [1.29, 1.82) is 0 Å². The Morgan fingerprint density at radius 2 is 1.93 bits per heavy atom. The Balaban J connectivity index is 1.20. The number of nitrogens with one attached hydrogen (secondary N) is 1. The fraction of sp³-hybridized carbons (Fsp3) is 0.300. The van der Waals surface area contributed by atoms with E-state index in [1.807, 2.05) is 37.3 Å². The number of para-hydroxylation sites is 1. The highest BCUT2D eigenvalue weighted by molar-refractivity contribution is 7.22. The zero-order valence-corrected chi connectivity index (χ0v) is 17.2. The molecule has 0 bridgehead atoms. The number of nitrogens with zero attached hydrogens (tertiary/aromatic N) is 7. The van der Waals surface area contributed by atoms with E-state index >= 15 is 0 Å². The second kappa shape index (κ2) is 7.79. The number of thiazole rings is 1. The second-order valence-electron chi connectivity index (χ2n) is 7.28. The first-order valence-corrected chi connectivity index (χ1v) is 10.6. The minimum absolute atomic E-state index is 0.0308. The molecule has 5 rings (SSSR count). The van der Waals surface area contributed by atoms with Gasteiger partial charge in [0.15, 0.2) is 16.8 Å². The number of carbonyl (C=O) groups excluding carboxylic acids is 1. The topological polar surface area (TPSA) is 102 Å². The van der Waals surface area contributed by atoms with Gasteiger partial charge in [-0.15, -0.1) is 10.2 Å². The lowest BCUT2D eigenvalue weighted by atomic mass is 9.96. The van der Waals surface area contributed by atoms with Gasteiger partial charge in [-0.2, -0.15) is 5.10 Å². The van der Waals surface area contributed by atoms with Gasteiger partial charge in [-0.1, -0.05) is 23.5 Å². The standard InChI is InChI=1S/C20H20N8OS/c1-13-3-2-4-15-18(13)23-20(30-15)24-19(29)14-7-9-27(10-8-14)16-5-6-17(26-25-16)28-12-21-11-22-28/h2-6,11-12,14H,7-10H2,1H3,(H,23,24,29). The minimum atomic E-state index is -0.0308. The third kappa shape index (κ3) is 3.61. The molecule has 1 amide bonds. The van der Waals surface area contributed by atoms with Crippen LogP contribution in [0.15, 0.2) is 43.0 Å². The predicted molar refractivity (Wildman–Crippen MR) is 115 cm³/mol. The molecular formula is C20H20N8OS. The molecule has 1 saturated heterocycles. The summed E-state index contributed by atoms with van der Waals surface area (Å²) in [5, 5.41) is 16.3. The summed E-state index contributed by atoms with van der Waals surface area (Å²) in [6.07, 6.45) is 4.58. The average Bonchev–Trinajstić information content (AvgIpc) is 3.45. The lowest BCUT2D eigenvalue weighted by molar-refractivity contribution is -0.120. The van der Waals surface area contributed by atoms with Gasteiger partial charge in [0.1, 0.15) is 12.7 Å². The van der Waals surface area contributed by atoms with Crippen molar-refractivity contribution in [2.75, 3.05) is 23.3 Å². The highest BCUT2D eigenvalue weighted by atomic mass is 32.1. The summed E-state index contributed by atoms with van der Waals surface area (Å²) in [6.45, 7) is 3.55. The molecule has 0 atom stereocenters. The SMILES string of the molecule is Cc1cccc2sc(NC(=O)C3CCN(c4ccc(-n5cncn5)nn4)CC3)nc12. The van der Waals surface area contributed by atoms with E-state index < -0.39 is 0 Å². The van der Waals surface area contributed by atoms with Gasteiger partial charge in [-0.25, -0.2) is 14.6 Å². The summed E-state index contributed by atoms with van der Waals surface area (Å²) < 4.78 is 2.66. The van der Waals surface area contributed by atoms with Crippen molar-refractivity contribution in [1.82, 2.24) is 29.9 Å². The fourth-order valence-corrected chi connectivity index (χ4v) is 4.60. The smallest absolute Gasteiger partial charge is 0.229 e. The van der Waals surface area contributed by atoms with Gasteiger partial charge >= 0.3 is 0 Å². The van der Waals surface area contributed by atoms with Crippen LogP contribution in [0.25, 0.3) is 16.0 Å². The average molecular weight is 421 g/mol. The Labute approximate surface area is 176 Å². The van der Waals surface area contributed by atoms with Crippen molar-refractivity contribution in [3.8, 4) is 5.82 Å². The van der Waals surface area contributed by atoms with E-state index in [2.05, 4.69) is 35.5 Å². The molecule has 10 heteroatoms.